The fraction of sp³-hybridized carbons (Fsp3) is 0.400. The number of rotatable bonds is 4. The van der Waals surface area contributed by atoms with Crippen LogP contribution in [0.3, 0.4) is 0 Å². The van der Waals surface area contributed by atoms with E-state index in [1.807, 2.05) is 30.5 Å². The van der Waals surface area contributed by atoms with Crippen LogP contribution in [0.5, 0.6) is 0 Å². The fourth-order valence-corrected chi connectivity index (χ4v) is 1.49. The Kier molecular flexibility index (Phi) is 4.28. The van der Waals surface area contributed by atoms with Crippen LogP contribution in [0.2, 0.25) is 0 Å². The maximum atomic E-state index is 9.55. The predicted molar refractivity (Wildman–Crippen MR) is 55.1 cm³/mol. The van der Waals surface area contributed by atoms with Crippen molar-refractivity contribution in [3.63, 3.8) is 0 Å². The molecule has 1 aromatic carbocycles. The minimum atomic E-state index is -0.513. The summed E-state index contributed by atoms with van der Waals surface area (Å²) in [6, 6.07) is 7.85. The number of benzene rings is 1. The first kappa shape index (κ1) is 10.6. The van der Waals surface area contributed by atoms with E-state index in [0.29, 0.717) is 6.61 Å². The Morgan fingerprint density at radius 3 is 2.46 bits per heavy atom. The van der Waals surface area contributed by atoms with Crippen molar-refractivity contribution < 1.29 is 9.84 Å². The molecule has 0 spiro atoms. The Morgan fingerprint density at radius 1 is 1.38 bits per heavy atom. The molecule has 0 amide bonds. The van der Waals surface area contributed by atoms with Gasteiger partial charge < -0.3 is 9.84 Å². The quantitative estimate of drug-likeness (QED) is 0.751. The van der Waals surface area contributed by atoms with Gasteiger partial charge in [-0.05, 0) is 24.0 Å². The third kappa shape index (κ3) is 3.03. The van der Waals surface area contributed by atoms with Gasteiger partial charge in [0.2, 0.25) is 0 Å². The molecule has 13 heavy (non-hydrogen) atoms. The summed E-state index contributed by atoms with van der Waals surface area (Å²) in [4.78, 5) is 1.20. The highest BCUT2D eigenvalue weighted by Crippen LogP contribution is 2.18. The smallest absolute Gasteiger partial charge is 0.102 e. The van der Waals surface area contributed by atoms with Crippen LogP contribution in [0, 0.1) is 0 Å². The van der Waals surface area contributed by atoms with Crippen molar-refractivity contribution in [2.75, 3.05) is 20.0 Å². The van der Waals surface area contributed by atoms with Crippen LogP contribution >= 0.6 is 11.8 Å². The van der Waals surface area contributed by atoms with E-state index in [1.165, 1.54) is 4.90 Å². The lowest BCUT2D eigenvalue weighted by atomic mass is 10.1. The van der Waals surface area contributed by atoms with Crippen molar-refractivity contribution in [2.24, 2.45) is 0 Å². The summed E-state index contributed by atoms with van der Waals surface area (Å²) in [5.74, 6) is 0. The number of hydrogen-bond donors (Lipinski definition) is 1. The van der Waals surface area contributed by atoms with E-state index >= 15 is 0 Å². The van der Waals surface area contributed by atoms with Crippen LogP contribution in [-0.2, 0) is 4.74 Å². The first-order valence-corrected chi connectivity index (χ1v) is 5.31. The lowest BCUT2D eigenvalue weighted by Crippen LogP contribution is -2.04. The molecular formula is C10H14O2S. The minimum absolute atomic E-state index is 0.346. The summed E-state index contributed by atoms with van der Waals surface area (Å²) in [6.45, 7) is 0.346. The zero-order valence-corrected chi connectivity index (χ0v) is 8.67. The van der Waals surface area contributed by atoms with Gasteiger partial charge in [0.1, 0.15) is 6.10 Å². The molecule has 0 aliphatic rings. The largest absolute Gasteiger partial charge is 0.386 e. The van der Waals surface area contributed by atoms with Crippen LogP contribution in [0.25, 0.3) is 0 Å². The van der Waals surface area contributed by atoms with Crippen molar-refractivity contribution in [1.29, 1.82) is 0 Å². The molecule has 0 bridgehead atoms. The molecule has 0 radical (unpaired) electrons. The van der Waals surface area contributed by atoms with Gasteiger partial charge in [0.15, 0.2) is 0 Å². The Balaban J connectivity index is 2.67. The van der Waals surface area contributed by atoms with Crippen LogP contribution in [0.4, 0.5) is 0 Å². The lowest BCUT2D eigenvalue weighted by molar-refractivity contribution is 0.0644. The first-order chi connectivity index (χ1) is 6.27. The first-order valence-electron chi connectivity index (χ1n) is 4.09. The van der Waals surface area contributed by atoms with Crippen molar-refractivity contribution in [3.8, 4) is 0 Å². The number of aliphatic hydroxyl groups excluding tert-OH is 1. The SMILES string of the molecule is COCC(O)c1ccc(SC)cc1. The number of methoxy groups -OCH3 is 1. The minimum Gasteiger partial charge on any atom is -0.386 e. The summed E-state index contributed by atoms with van der Waals surface area (Å²) in [5, 5.41) is 9.55. The average Bonchev–Trinajstić information content (AvgIpc) is 2.18. The van der Waals surface area contributed by atoms with Crippen molar-refractivity contribution in [2.45, 2.75) is 11.0 Å². The Morgan fingerprint density at radius 2 is 2.00 bits per heavy atom. The van der Waals surface area contributed by atoms with Crippen LogP contribution < -0.4 is 0 Å². The molecule has 0 saturated heterocycles. The van der Waals surface area contributed by atoms with Gasteiger partial charge in [-0.25, -0.2) is 0 Å². The summed E-state index contributed by atoms with van der Waals surface area (Å²) in [5.41, 5.74) is 0.902. The molecule has 0 aromatic heterocycles. The predicted octanol–water partition coefficient (Wildman–Crippen LogP) is 2.09. The number of aliphatic hydroxyl groups is 1. The van der Waals surface area contributed by atoms with Gasteiger partial charge in [-0.1, -0.05) is 12.1 Å². The average molecular weight is 198 g/mol. The lowest BCUT2D eigenvalue weighted by Gasteiger charge is -2.09. The van der Waals surface area contributed by atoms with E-state index in [9.17, 15) is 5.11 Å². The summed E-state index contributed by atoms with van der Waals surface area (Å²) < 4.78 is 4.86. The molecule has 0 fully saturated rings. The second kappa shape index (κ2) is 5.27. The third-order valence-electron chi connectivity index (χ3n) is 1.83. The Bertz CT molecular complexity index is 246. The van der Waals surface area contributed by atoms with Gasteiger partial charge in [-0.3, -0.25) is 0 Å². The standard InChI is InChI=1S/C10H14O2S/c1-12-7-10(11)8-3-5-9(13-2)6-4-8/h3-6,10-11H,7H2,1-2H3. The number of ether oxygens (including phenoxy) is 1. The van der Waals surface area contributed by atoms with Crippen molar-refractivity contribution >= 4 is 11.8 Å². The highest BCUT2D eigenvalue weighted by atomic mass is 32.2. The summed E-state index contributed by atoms with van der Waals surface area (Å²) in [7, 11) is 1.58. The molecule has 1 aromatic rings. The summed E-state index contributed by atoms with van der Waals surface area (Å²) >= 11 is 1.69. The van der Waals surface area contributed by atoms with E-state index in [4.69, 9.17) is 4.74 Å². The van der Waals surface area contributed by atoms with E-state index in [2.05, 4.69) is 0 Å². The topological polar surface area (TPSA) is 29.5 Å². The molecule has 72 valence electrons. The molecule has 1 rings (SSSR count). The number of hydrogen-bond acceptors (Lipinski definition) is 3. The molecule has 1 unspecified atom stereocenters. The van der Waals surface area contributed by atoms with Crippen molar-refractivity contribution in [3.05, 3.63) is 29.8 Å². The second-order valence-electron chi connectivity index (χ2n) is 2.74. The van der Waals surface area contributed by atoms with Gasteiger partial charge in [0, 0.05) is 12.0 Å². The second-order valence-corrected chi connectivity index (χ2v) is 3.62. The molecule has 0 heterocycles. The molecule has 0 saturated carbocycles. The van der Waals surface area contributed by atoms with Gasteiger partial charge in [-0.15, -0.1) is 11.8 Å². The molecule has 0 aliphatic carbocycles. The van der Waals surface area contributed by atoms with Crippen molar-refractivity contribution in [1.82, 2.24) is 0 Å². The zero-order chi connectivity index (χ0) is 9.68. The Hall–Kier alpha value is -0.510. The molecule has 2 nitrogen and oxygen atoms in total. The van der Waals surface area contributed by atoms with Gasteiger partial charge >= 0.3 is 0 Å². The number of thioether (sulfide) groups is 1. The normalized spacial score (nSPS) is 12.8. The molecule has 3 heteroatoms. The molecular weight excluding hydrogens is 184 g/mol. The molecule has 0 aliphatic heterocycles. The van der Waals surface area contributed by atoms with E-state index in [0.717, 1.165) is 5.56 Å². The van der Waals surface area contributed by atoms with E-state index in [-0.39, 0.29) is 0 Å². The highest BCUT2D eigenvalue weighted by molar-refractivity contribution is 7.98. The van der Waals surface area contributed by atoms with Gasteiger partial charge in [0.05, 0.1) is 6.61 Å². The molecule has 1 atom stereocenters. The van der Waals surface area contributed by atoms with E-state index < -0.39 is 6.10 Å². The fourth-order valence-electron chi connectivity index (χ4n) is 1.08. The third-order valence-corrected chi connectivity index (χ3v) is 2.57. The maximum absolute atomic E-state index is 9.55. The van der Waals surface area contributed by atoms with Crippen LogP contribution in [0.15, 0.2) is 29.2 Å². The van der Waals surface area contributed by atoms with Crippen LogP contribution in [0.1, 0.15) is 11.7 Å². The van der Waals surface area contributed by atoms with Gasteiger partial charge in [-0.2, -0.15) is 0 Å². The van der Waals surface area contributed by atoms with E-state index in [1.54, 1.807) is 18.9 Å². The zero-order valence-electron chi connectivity index (χ0n) is 7.86. The molecule has 1 N–H and O–H groups in total. The summed E-state index contributed by atoms with van der Waals surface area (Å²) in [6.07, 6.45) is 1.52. The monoisotopic (exact) mass is 198 g/mol. The van der Waals surface area contributed by atoms with Crippen LogP contribution in [-0.4, -0.2) is 25.1 Å². The van der Waals surface area contributed by atoms with Gasteiger partial charge in [0.25, 0.3) is 0 Å². The Labute approximate surface area is 82.9 Å². The highest BCUT2D eigenvalue weighted by Gasteiger charge is 2.05. The maximum Gasteiger partial charge on any atom is 0.102 e.